The smallest absolute Gasteiger partial charge is 0.369 e. The Hall–Kier alpha value is -1.80. The highest BCUT2D eigenvalue weighted by Gasteiger charge is 2.32. The first-order valence-corrected chi connectivity index (χ1v) is 9.96. The van der Waals surface area contributed by atoms with Gasteiger partial charge in [-0.25, -0.2) is 0 Å². The monoisotopic (exact) mass is 398 g/mol. The molecule has 2 aliphatic rings. The second-order valence-corrected chi connectivity index (χ2v) is 7.59. The number of nitrogens with zero attached hydrogens (tertiary/aromatic N) is 3. The highest BCUT2D eigenvalue weighted by Crippen LogP contribution is 2.32. The normalized spacial score (nSPS) is 22.3. The second kappa shape index (κ2) is 9.13. The number of piperidine rings is 1. The number of likely N-dealkylation sites (tertiary alicyclic amines) is 1. The van der Waals surface area contributed by atoms with E-state index in [4.69, 9.17) is 0 Å². The molecule has 1 amide bonds. The van der Waals surface area contributed by atoms with Gasteiger partial charge in [-0.05, 0) is 37.6 Å². The van der Waals surface area contributed by atoms with Gasteiger partial charge in [-0.2, -0.15) is 13.2 Å². The molecule has 0 bridgehead atoms. The SMILES string of the molecule is CNC(=O)CCN1CCC[C@H](N2CCN(c3cccc(C(F)(F)F)c3)CC2)C1. The lowest BCUT2D eigenvalue weighted by atomic mass is 10.0. The minimum Gasteiger partial charge on any atom is -0.369 e. The summed E-state index contributed by atoms with van der Waals surface area (Å²) in [7, 11) is 1.66. The maximum atomic E-state index is 13.0. The van der Waals surface area contributed by atoms with Gasteiger partial charge in [0.1, 0.15) is 0 Å². The summed E-state index contributed by atoms with van der Waals surface area (Å²) < 4.78 is 38.9. The van der Waals surface area contributed by atoms with Gasteiger partial charge in [-0.1, -0.05) is 6.07 Å². The molecule has 1 aromatic carbocycles. The van der Waals surface area contributed by atoms with Gasteiger partial charge in [0.05, 0.1) is 5.56 Å². The van der Waals surface area contributed by atoms with Gasteiger partial charge in [0.15, 0.2) is 0 Å². The van der Waals surface area contributed by atoms with Gasteiger partial charge < -0.3 is 15.1 Å². The zero-order valence-electron chi connectivity index (χ0n) is 16.3. The average molecular weight is 398 g/mol. The molecule has 1 atom stereocenters. The summed E-state index contributed by atoms with van der Waals surface area (Å²) in [6.45, 7) is 5.93. The lowest BCUT2D eigenvalue weighted by Crippen LogP contribution is -2.55. The van der Waals surface area contributed by atoms with Crippen LogP contribution in [0.3, 0.4) is 0 Å². The number of alkyl halides is 3. The predicted molar refractivity (Wildman–Crippen MR) is 103 cm³/mol. The Kier molecular flexibility index (Phi) is 6.82. The zero-order valence-corrected chi connectivity index (χ0v) is 16.3. The van der Waals surface area contributed by atoms with E-state index in [2.05, 4.69) is 15.1 Å². The Balaban J connectivity index is 1.52. The van der Waals surface area contributed by atoms with Gasteiger partial charge >= 0.3 is 6.18 Å². The number of anilines is 1. The highest BCUT2D eigenvalue weighted by atomic mass is 19.4. The van der Waals surface area contributed by atoms with Crippen LogP contribution in [0.1, 0.15) is 24.8 Å². The van der Waals surface area contributed by atoms with Crippen LogP contribution in [-0.4, -0.2) is 74.6 Å². The number of amides is 1. The molecule has 0 saturated carbocycles. The summed E-state index contributed by atoms with van der Waals surface area (Å²) in [5, 5.41) is 2.66. The molecule has 2 fully saturated rings. The van der Waals surface area contributed by atoms with Crippen molar-refractivity contribution in [3.8, 4) is 0 Å². The van der Waals surface area contributed by atoms with Crippen LogP contribution in [-0.2, 0) is 11.0 Å². The largest absolute Gasteiger partial charge is 0.416 e. The number of benzene rings is 1. The molecule has 2 heterocycles. The first kappa shape index (κ1) is 20.9. The van der Waals surface area contributed by atoms with Crippen molar-refractivity contribution in [2.75, 3.05) is 57.8 Å². The maximum Gasteiger partial charge on any atom is 0.416 e. The number of halogens is 3. The topological polar surface area (TPSA) is 38.8 Å². The summed E-state index contributed by atoms with van der Waals surface area (Å²) in [5.74, 6) is 0.0665. The third kappa shape index (κ3) is 5.38. The minimum atomic E-state index is -4.31. The summed E-state index contributed by atoms with van der Waals surface area (Å²) in [4.78, 5) is 18.3. The number of piperazine rings is 1. The summed E-state index contributed by atoms with van der Waals surface area (Å²) >= 11 is 0. The van der Waals surface area contributed by atoms with Crippen molar-refractivity contribution in [2.24, 2.45) is 0 Å². The van der Waals surface area contributed by atoms with Crippen LogP contribution in [0.15, 0.2) is 24.3 Å². The van der Waals surface area contributed by atoms with Crippen LogP contribution in [0, 0.1) is 0 Å². The Labute approximate surface area is 164 Å². The maximum absolute atomic E-state index is 13.0. The lowest BCUT2D eigenvalue weighted by molar-refractivity contribution is -0.137. The molecule has 2 aliphatic heterocycles. The molecular weight excluding hydrogens is 369 g/mol. The molecule has 0 aromatic heterocycles. The predicted octanol–water partition coefficient (Wildman–Crippen LogP) is 2.43. The molecule has 0 radical (unpaired) electrons. The standard InChI is InChI=1S/C20H29F3N4O/c1-24-19(28)7-9-25-8-3-6-18(15-25)27-12-10-26(11-13-27)17-5-2-4-16(14-17)20(21,22)23/h2,4-5,14,18H,3,6-13,15H2,1H3,(H,24,28)/t18-/m0/s1. The molecule has 156 valence electrons. The van der Waals surface area contributed by atoms with E-state index in [1.54, 1.807) is 13.1 Å². The van der Waals surface area contributed by atoms with E-state index in [-0.39, 0.29) is 5.91 Å². The molecule has 28 heavy (non-hydrogen) atoms. The van der Waals surface area contributed by atoms with E-state index in [0.717, 1.165) is 64.7 Å². The Morgan fingerprint density at radius 2 is 1.93 bits per heavy atom. The Morgan fingerprint density at radius 3 is 2.61 bits per heavy atom. The molecule has 1 aromatic rings. The van der Waals surface area contributed by atoms with Crippen LogP contribution < -0.4 is 10.2 Å². The fourth-order valence-electron chi connectivity index (χ4n) is 4.14. The number of carbonyl (C=O) groups excluding carboxylic acids is 1. The van der Waals surface area contributed by atoms with Crippen molar-refractivity contribution in [1.29, 1.82) is 0 Å². The van der Waals surface area contributed by atoms with Crippen LogP contribution in [0.25, 0.3) is 0 Å². The van der Waals surface area contributed by atoms with Crippen LogP contribution >= 0.6 is 0 Å². The number of hydrogen-bond acceptors (Lipinski definition) is 4. The third-order valence-electron chi connectivity index (χ3n) is 5.78. The number of hydrogen-bond donors (Lipinski definition) is 1. The van der Waals surface area contributed by atoms with Gasteiger partial charge in [-0.3, -0.25) is 9.69 Å². The van der Waals surface area contributed by atoms with Gasteiger partial charge in [0.2, 0.25) is 5.91 Å². The quantitative estimate of drug-likeness (QED) is 0.827. The first-order valence-electron chi connectivity index (χ1n) is 9.96. The molecular formula is C20H29F3N4O. The first-order chi connectivity index (χ1) is 13.4. The highest BCUT2D eigenvalue weighted by molar-refractivity contribution is 5.75. The number of carbonyl (C=O) groups is 1. The van der Waals surface area contributed by atoms with Gasteiger partial charge in [0, 0.05) is 64.5 Å². The van der Waals surface area contributed by atoms with E-state index in [0.29, 0.717) is 18.2 Å². The molecule has 0 aliphatic carbocycles. The Morgan fingerprint density at radius 1 is 1.18 bits per heavy atom. The summed E-state index contributed by atoms with van der Waals surface area (Å²) in [6.07, 6.45) is -1.53. The van der Waals surface area contributed by atoms with E-state index in [1.807, 2.05) is 4.90 Å². The molecule has 2 saturated heterocycles. The van der Waals surface area contributed by atoms with Crippen molar-refractivity contribution in [3.63, 3.8) is 0 Å². The van der Waals surface area contributed by atoms with E-state index < -0.39 is 11.7 Å². The summed E-state index contributed by atoms with van der Waals surface area (Å²) in [6, 6.07) is 6.07. The van der Waals surface area contributed by atoms with Crippen LogP contribution in [0.4, 0.5) is 18.9 Å². The zero-order chi connectivity index (χ0) is 20.1. The van der Waals surface area contributed by atoms with Crippen LogP contribution in [0.2, 0.25) is 0 Å². The summed E-state index contributed by atoms with van der Waals surface area (Å²) in [5.41, 5.74) is 0.0526. The van der Waals surface area contributed by atoms with Crippen molar-refractivity contribution in [3.05, 3.63) is 29.8 Å². The van der Waals surface area contributed by atoms with Gasteiger partial charge in [0.25, 0.3) is 0 Å². The fourth-order valence-corrected chi connectivity index (χ4v) is 4.14. The molecule has 5 nitrogen and oxygen atoms in total. The number of nitrogens with one attached hydrogen (secondary N) is 1. The average Bonchev–Trinajstić information content (AvgIpc) is 2.72. The van der Waals surface area contributed by atoms with Crippen LogP contribution in [0.5, 0.6) is 0 Å². The molecule has 1 N–H and O–H groups in total. The van der Waals surface area contributed by atoms with E-state index >= 15 is 0 Å². The minimum absolute atomic E-state index is 0.0665. The molecule has 3 rings (SSSR count). The van der Waals surface area contributed by atoms with Gasteiger partial charge in [-0.15, -0.1) is 0 Å². The Bertz CT molecular complexity index is 659. The lowest BCUT2D eigenvalue weighted by Gasteiger charge is -2.44. The number of rotatable bonds is 5. The van der Waals surface area contributed by atoms with Crippen molar-refractivity contribution in [2.45, 2.75) is 31.5 Å². The van der Waals surface area contributed by atoms with E-state index in [1.165, 1.54) is 12.1 Å². The van der Waals surface area contributed by atoms with E-state index in [9.17, 15) is 18.0 Å². The second-order valence-electron chi connectivity index (χ2n) is 7.59. The molecule has 8 heteroatoms. The van der Waals surface area contributed by atoms with Crippen molar-refractivity contribution in [1.82, 2.24) is 15.1 Å². The van der Waals surface area contributed by atoms with Crippen molar-refractivity contribution >= 4 is 11.6 Å². The third-order valence-corrected chi connectivity index (χ3v) is 5.78. The molecule has 0 unspecified atom stereocenters. The molecule has 0 spiro atoms. The fraction of sp³-hybridized carbons (Fsp3) is 0.650. The van der Waals surface area contributed by atoms with Crippen molar-refractivity contribution < 1.29 is 18.0 Å².